The van der Waals surface area contributed by atoms with Crippen LogP contribution >= 0.6 is 11.3 Å². The lowest BCUT2D eigenvalue weighted by Crippen LogP contribution is -2.37. The summed E-state index contributed by atoms with van der Waals surface area (Å²) in [6.07, 6.45) is -3.20. The van der Waals surface area contributed by atoms with E-state index in [9.17, 15) is 21.6 Å². The summed E-state index contributed by atoms with van der Waals surface area (Å²) < 4.78 is 64.9. The number of piperidine rings is 1. The normalized spacial score (nSPS) is 18.0. The molecule has 1 aliphatic rings. The fourth-order valence-electron chi connectivity index (χ4n) is 2.89. The van der Waals surface area contributed by atoms with Crippen LogP contribution in [-0.4, -0.2) is 25.8 Å². The third-order valence-corrected chi connectivity index (χ3v) is 7.13. The highest BCUT2D eigenvalue weighted by Crippen LogP contribution is 2.34. The van der Waals surface area contributed by atoms with Crippen LogP contribution in [-0.2, 0) is 16.2 Å². The van der Waals surface area contributed by atoms with E-state index in [1.165, 1.54) is 15.2 Å². The van der Waals surface area contributed by atoms with Gasteiger partial charge in [0, 0.05) is 18.0 Å². The molecular formula is C16H16F3NO2S2. The Morgan fingerprint density at radius 1 is 1.08 bits per heavy atom. The van der Waals surface area contributed by atoms with Crippen molar-refractivity contribution in [2.75, 3.05) is 13.1 Å². The average Bonchev–Trinajstić information content (AvgIpc) is 3.09. The van der Waals surface area contributed by atoms with Gasteiger partial charge in [0.1, 0.15) is 0 Å². The largest absolute Gasteiger partial charge is 0.416 e. The van der Waals surface area contributed by atoms with Crippen LogP contribution in [0.3, 0.4) is 0 Å². The Morgan fingerprint density at radius 2 is 1.79 bits per heavy atom. The van der Waals surface area contributed by atoms with Crippen molar-refractivity contribution in [2.24, 2.45) is 0 Å². The minimum absolute atomic E-state index is 0.299. The maximum atomic E-state index is 12.8. The van der Waals surface area contributed by atoms with Gasteiger partial charge in [0.15, 0.2) is 0 Å². The number of alkyl halides is 3. The lowest BCUT2D eigenvalue weighted by atomic mass is 9.97. The maximum absolute atomic E-state index is 12.8. The molecule has 8 heteroatoms. The predicted octanol–water partition coefficient (Wildman–Crippen LogP) is 4.34. The van der Waals surface area contributed by atoms with Crippen LogP contribution in [0, 0.1) is 0 Å². The first-order valence-electron chi connectivity index (χ1n) is 7.49. The number of thiophene rings is 1. The van der Waals surface area contributed by atoms with Gasteiger partial charge < -0.3 is 0 Å². The van der Waals surface area contributed by atoms with Crippen LogP contribution in [0.2, 0.25) is 0 Å². The number of hydrogen-bond donors (Lipinski definition) is 0. The fourth-order valence-corrected chi connectivity index (χ4v) is 5.30. The summed E-state index contributed by atoms with van der Waals surface area (Å²) in [4.78, 5) is 0.929. The molecule has 1 saturated heterocycles. The number of hydrogen-bond acceptors (Lipinski definition) is 3. The summed E-state index contributed by atoms with van der Waals surface area (Å²) in [7, 11) is -3.90. The molecular weight excluding hydrogens is 359 g/mol. The van der Waals surface area contributed by atoms with Crippen LogP contribution in [0.1, 0.15) is 29.2 Å². The minimum atomic E-state index is -4.56. The van der Waals surface area contributed by atoms with Gasteiger partial charge in [-0.2, -0.15) is 17.5 Å². The van der Waals surface area contributed by atoms with Gasteiger partial charge in [0.05, 0.1) is 10.5 Å². The summed E-state index contributed by atoms with van der Waals surface area (Å²) in [6.45, 7) is 0.641. The highest BCUT2D eigenvalue weighted by Gasteiger charge is 2.34. The van der Waals surface area contributed by atoms with Crippen molar-refractivity contribution in [3.8, 4) is 0 Å². The molecule has 0 unspecified atom stereocenters. The third kappa shape index (κ3) is 3.50. The fraction of sp³-hybridized carbons (Fsp3) is 0.375. The quantitative estimate of drug-likeness (QED) is 0.801. The highest BCUT2D eigenvalue weighted by molar-refractivity contribution is 7.89. The van der Waals surface area contributed by atoms with E-state index in [2.05, 4.69) is 0 Å². The van der Waals surface area contributed by atoms with Crippen LogP contribution < -0.4 is 0 Å². The average molecular weight is 375 g/mol. The second-order valence-electron chi connectivity index (χ2n) is 5.72. The SMILES string of the molecule is O=S(=O)(c1cccc(C(F)(F)F)c1)N1CCC(c2cccs2)CC1. The van der Waals surface area contributed by atoms with Gasteiger partial charge in [-0.1, -0.05) is 12.1 Å². The monoisotopic (exact) mass is 375 g/mol. The maximum Gasteiger partial charge on any atom is 0.416 e. The van der Waals surface area contributed by atoms with Crippen molar-refractivity contribution < 1.29 is 21.6 Å². The number of nitrogens with zero attached hydrogens (tertiary/aromatic N) is 1. The molecule has 2 aromatic rings. The van der Waals surface area contributed by atoms with Crippen molar-refractivity contribution in [3.05, 3.63) is 52.2 Å². The van der Waals surface area contributed by atoms with Gasteiger partial charge in [-0.15, -0.1) is 11.3 Å². The van der Waals surface area contributed by atoms with Gasteiger partial charge >= 0.3 is 6.18 Å². The molecule has 1 fully saturated rings. The number of benzene rings is 1. The van der Waals surface area contributed by atoms with E-state index in [1.54, 1.807) is 11.3 Å². The molecule has 130 valence electrons. The molecule has 0 radical (unpaired) electrons. The third-order valence-electron chi connectivity index (χ3n) is 4.20. The van der Waals surface area contributed by atoms with Gasteiger partial charge in [-0.3, -0.25) is 0 Å². The van der Waals surface area contributed by atoms with E-state index in [0.29, 0.717) is 37.9 Å². The molecule has 0 aliphatic carbocycles. The van der Waals surface area contributed by atoms with E-state index in [-0.39, 0.29) is 4.90 Å². The van der Waals surface area contributed by atoms with Gasteiger partial charge in [-0.05, 0) is 48.4 Å². The minimum Gasteiger partial charge on any atom is -0.207 e. The highest BCUT2D eigenvalue weighted by atomic mass is 32.2. The lowest BCUT2D eigenvalue weighted by Gasteiger charge is -2.30. The molecule has 1 aromatic carbocycles. The van der Waals surface area contributed by atoms with E-state index < -0.39 is 21.8 Å². The van der Waals surface area contributed by atoms with Crippen molar-refractivity contribution >= 4 is 21.4 Å². The van der Waals surface area contributed by atoms with E-state index >= 15 is 0 Å². The molecule has 0 bridgehead atoms. The van der Waals surface area contributed by atoms with Crippen molar-refractivity contribution in [3.63, 3.8) is 0 Å². The zero-order valence-electron chi connectivity index (χ0n) is 12.7. The van der Waals surface area contributed by atoms with E-state index in [4.69, 9.17) is 0 Å². The molecule has 0 atom stereocenters. The van der Waals surface area contributed by atoms with Crippen molar-refractivity contribution in [1.82, 2.24) is 4.31 Å². The Bertz CT molecular complexity index is 793. The topological polar surface area (TPSA) is 37.4 Å². The molecule has 24 heavy (non-hydrogen) atoms. The first-order chi connectivity index (χ1) is 11.3. The van der Waals surface area contributed by atoms with Crippen LogP contribution in [0.25, 0.3) is 0 Å². The molecule has 0 spiro atoms. The summed E-state index contributed by atoms with van der Waals surface area (Å²) in [5, 5.41) is 1.99. The van der Waals surface area contributed by atoms with Crippen LogP contribution in [0.15, 0.2) is 46.7 Å². The molecule has 0 N–H and O–H groups in total. The second kappa shape index (κ2) is 6.50. The summed E-state index contributed by atoms with van der Waals surface area (Å²) in [6, 6.07) is 7.94. The Hall–Kier alpha value is -1.38. The Labute approximate surface area is 142 Å². The predicted molar refractivity (Wildman–Crippen MR) is 86.5 cm³/mol. The van der Waals surface area contributed by atoms with Crippen molar-refractivity contribution in [1.29, 1.82) is 0 Å². The number of sulfonamides is 1. The van der Waals surface area contributed by atoms with E-state index in [1.807, 2.05) is 17.5 Å². The van der Waals surface area contributed by atoms with Crippen molar-refractivity contribution in [2.45, 2.75) is 29.8 Å². The second-order valence-corrected chi connectivity index (χ2v) is 8.64. The summed E-state index contributed by atoms with van der Waals surface area (Å²) in [5.74, 6) is 0.318. The molecule has 1 aromatic heterocycles. The molecule has 2 heterocycles. The Morgan fingerprint density at radius 3 is 2.38 bits per heavy atom. The summed E-state index contributed by atoms with van der Waals surface area (Å²) in [5.41, 5.74) is -0.947. The Balaban J connectivity index is 1.77. The van der Waals surface area contributed by atoms with Gasteiger partial charge in [0.2, 0.25) is 10.0 Å². The standard InChI is InChI=1S/C16H16F3NO2S2/c17-16(18,19)13-3-1-4-14(11-13)24(21,22)20-8-6-12(7-9-20)15-5-2-10-23-15/h1-5,10-12H,6-9H2. The smallest absolute Gasteiger partial charge is 0.207 e. The number of rotatable bonds is 3. The molecule has 3 rings (SSSR count). The molecule has 1 aliphatic heterocycles. The molecule has 0 amide bonds. The summed E-state index contributed by atoms with van der Waals surface area (Å²) >= 11 is 1.65. The molecule has 3 nitrogen and oxygen atoms in total. The first-order valence-corrected chi connectivity index (χ1v) is 9.81. The zero-order chi connectivity index (χ0) is 17.4. The zero-order valence-corrected chi connectivity index (χ0v) is 14.3. The first kappa shape index (κ1) is 17.4. The Kier molecular flexibility index (Phi) is 4.72. The van der Waals surface area contributed by atoms with E-state index in [0.717, 1.165) is 12.1 Å². The molecule has 0 saturated carbocycles. The lowest BCUT2D eigenvalue weighted by molar-refractivity contribution is -0.137. The van der Waals surface area contributed by atoms with Gasteiger partial charge in [0.25, 0.3) is 0 Å². The van der Waals surface area contributed by atoms with Gasteiger partial charge in [-0.25, -0.2) is 8.42 Å². The van der Waals surface area contributed by atoms with Crippen LogP contribution in [0.5, 0.6) is 0 Å². The van der Waals surface area contributed by atoms with Crippen LogP contribution in [0.4, 0.5) is 13.2 Å². The number of halogens is 3.